The lowest BCUT2D eigenvalue weighted by Gasteiger charge is -2.17. The second kappa shape index (κ2) is 6.18. The van der Waals surface area contributed by atoms with E-state index < -0.39 is 11.6 Å². The number of hydrazine groups is 1. The van der Waals surface area contributed by atoms with E-state index in [0.29, 0.717) is 10.8 Å². The van der Waals surface area contributed by atoms with Gasteiger partial charge < -0.3 is 0 Å². The third-order valence-electron chi connectivity index (χ3n) is 2.14. The van der Waals surface area contributed by atoms with Crippen molar-refractivity contribution in [2.24, 2.45) is 5.84 Å². The second-order valence-electron chi connectivity index (χ2n) is 3.77. The van der Waals surface area contributed by atoms with E-state index in [0.717, 1.165) is 11.8 Å². The van der Waals surface area contributed by atoms with Gasteiger partial charge in [0.1, 0.15) is 0 Å². The van der Waals surface area contributed by atoms with Crippen molar-refractivity contribution >= 4 is 11.8 Å². The Hall–Kier alpha value is -0.650. The Balaban J connectivity index is 2.74. The molecule has 0 bridgehead atoms. The van der Waals surface area contributed by atoms with E-state index in [-0.39, 0.29) is 6.04 Å². The van der Waals surface area contributed by atoms with E-state index in [1.165, 1.54) is 6.07 Å². The quantitative estimate of drug-likeness (QED) is 0.619. The molecule has 1 unspecified atom stereocenters. The highest BCUT2D eigenvalue weighted by atomic mass is 32.2. The van der Waals surface area contributed by atoms with Crippen LogP contribution in [0.5, 0.6) is 0 Å². The van der Waals surface area contributed by atoms with Crippen molar-refractivity contribution in [1.29, 1.82) is 0 Å². The van der Waals surface area contributed by atoms with E-state index in [1.807, 2.05) is 0 Å². The zero-order valence-electron chi connectivity index (χ0n) is 9.34. The maximum absolute atomic E-state index is 13.0. The van der Waals surface area contributed by atoms with Crippen LogP contribution in [0.3, 0.4) is 0 Å². The van der Waals surface area contributed by atoms with Crippen LogP contribution in [0.2, 0.25) is 0 Å². The number of nitrogens with two attached hydrogens (primary N) is 1. The van der Waals surface area contributed by atoms with Crippen LogP contribution in [0.25, 0.3) is 0 Å². The average molecular weight is 246 g/mol. The number of hydrogen-bond acceptors (Lipinski definition) is 3. The highest BCUT2D eigenvalue weighted by molar-refractivity contribution is 7.99. The zero-order valence-corrected chi connectivity index (χ0v) is 10.2. The highest BCUT2D eigenvalue weighted by Crippen LogP contribution is 2.22. The standard InChI is InChI=1S/C11H16F2N2S/c1-7(2)16-6-11(15-14)8-3-4-9(12)10(13)5-8/h3-5,7,11,15H,6,14H2,1-2H3. The van der Waals surface area contributed by atoms with Crippen LogP contribution in [0.4, 0.5) is 8.78 Å². The molecule has 0 saturated carbocycles. The first-order valence-corrected chi connectivity index (χ1v) is 6.12. The molecule has 0 aliphatic rings. The molecule has 0 heterocycles. The number of thioether (sulfide) groups is 1. The topological polar surface area (TPSA) is 38.0 Å². The van der Waals surface area contributed by atoms with E-state index in [9.17, 15) is 8.78 Å². The summed E-state index contributed by atoms with van der Waals surface area (Å²) >= 11 is 1.71. The normalized spacial score (nSPS) is 13.1. The number of nitrogens with one attached hydrogen (secondary N) is 1. The van der Waals surface area contributed by atoms with Gasteiger partial charge in [-0.05, 0) is 22.9 Å². The predicted molar refractivity (Wildman–Crippen MR) is 64.0 cm³/mol. The van der Waals surface area contributed by atoms with Gasteiger partial charge in [0.15, 0.2) is 11.6 Å². The number of rotatable bonds is 5. The Bertz CT molecular complexity index is 345. The van der Waals surface area contributed by atoms with Gasteiger partial charge in [-0.25, -0.2) is 8.78 Å². The van der Waals surface area contributed by atoms with Crippen LogP contribution in [-0.4, -0.2) is 11.0 Å². The van der Waals surface area contributed by atoms with Crippen molar-refractivity contribution in [1.82, 2.24) is 5.43 Å². The minimum absolute atomic E-state index is 0.164. The van der Waals surface area contributed by atoms with Gasteiger partial charge in [-0.1, -0.05) is 19.9 Å². The van der Waals surface area contributed by atoms with Crippen molar-refractivity contribution in [3.8, 4) is 0 Å². The Morgan fingerprint density at radius 3 is 2.50 bits per heavy atom. The number of halogens is 2. The van der Waals surface area contributed by atoms with Crippen LogP contribution in [-0.2, 0) is 0 Å². The lowest BCUT2D eigenvalue weighted by atomic mass is 10.1. The third-order valence-corrected chi connectivity index (χ3v) is 3.34. The smallest absolute Gasteiger partial charge is 0.159 e. The molecule has 1 aromatic rings. The van der Waals surface area contributed by atoms with E-state index >= 15 is 0 Å². The molecular formula is C11H16F2N2S. The van der Waals surface area contributed by atoms with Crippen LogP contribution in [0.15, 0.2) is 18.2 Å². The van der Waals surface area contributed by atoms with Gasteiger partial charge in [-0.3, -0.25) is 11.3 Å². The highest BCUT2D eigenvalue weighted by Gasteiger charge is 2.13. The van der Waals surface area contributed by atoms with E-state index in [1.54, 1.807) is 17.8 Å². The van der Waals surface area contributed by atoms with Crippen LogP contribution >= 0.6 is 11.8 Å². The summed E-state index contributed by atoms with van der Waals surface area (Å²) in [7, 11) is 0. The van der Waals surface area contributed by atoms with Crippen LogP contribution < -0.4 is 11.3 Å². The molecule has 5 heteroatoms. The summed E-state index contributed by atoms with van der Waals surface area (Å²) < 4.78 is 25.8. The van der Waals surface area contributed by atoms with E-state index in [4.69, 9.17) is 5.84 Å². The molecule has 0 aliphatic heterocycles. The largest absolute Gasteiger partial charge is 0.271 e. The molecule has 1 aromatic carbocycles. The van der Waals surface area contributed by atoms with Gasteiger partial charge in [-0.15, -0.1) is 0 Å². The molecule has 0 saturated heterocycles. The fourth-order valence-corrected chi connectivity index (χ4v) is 2.12. The first kappa shape index (κ1) is 13.4. The molecule has 90 valence electrons. The van der Waals surface area contributed by atoms with Crippen LogP contribution in [0, 0.1) is 11.6 Å². The molecular weight excluding hydrogens is 230 g/mol. The second-order valence-corrected chi connectivity index (χ2v) is 5.38. The Morgan fingerprint density at radius 1 is 1.31 bits per heavy atom. The van der Waals surface area contributed by atoms with Crippen molar-refractivity contribution < 1.29 is 8.78 Å². The molecule has 2 nitrogen and oxygen atoms in total. The van der Waals surface area contributed by atoms with Crippen molar-refractivity contribution in [3.05, 3.63) is 35.4 Å². The minimum atomic E-state index is -0.840. The van der Waals surface area contributed by atoms with Gasteiger partial charge in [0.2, 0.25) is 0 Å². The number of hydrogen-bond donors (Lipinski definition) is 2. The Labute approximate surface area is 98.6 Å². The van der Waals surface area contributed by atoms with Crippen molar-refractivity contribution in [2.75, 3.05) is 5.75 Å². The maximum atomic E-state index is 13.0. The SMILES string of the molecule is CC(C)SCC(NN)c1ccc(F)c(F)c1. The summed E-state index contributed by atoms with van der Waals surface area (Å²) in [5.41, 5.74) is 3.27. The zero-order chi connectivity index (χ0) is 12.1. The van der Waals surface area contributed by atoms with Gasteiger partial charge in [0.05, 0.1) is 6.04 Å². The fraction of sp³-hybridized carbons (Fsp3) is 0.455. The first-order chi connectivity index (χ1) is 7.54. The lowest BCUT2D eigenvalue weighted by molar-refractivity contribution is 0.502. The summed E-state index contributed by atoms with van der Waals surface area (Å²) in [4.78, 5) is 0. The van der Waals surface area contributed by atoms with Gasteiger partial charge in [0, 0.05) is 5.75 Å². The molecule has 0 amide bonds. The summed E-state index contributed by atoms with van der Waals surface area (Å²) in [5.74, 6) is 4.44. The van der Waals surface area contributed by atoms with Crippen molar-refractivity contribution in [2.45, 2.75) is 25.1 Å². The van der Waals surface area contributed by atoms with Crippen LogP contribution in [0.1, 0.15) is 25.5 Å². The maximum Gasteiger partial charge on any atom is 0.159 e. The molecule has 3 N–H and O–H groups in total. The molecule has 0 aromatic heterocycles. The molecule has 0 spiro atoms. The van der Waals surface area contributed by atoms with Gasteiger partial charge in [0.25, 0.3) is 0 Å². The van der Waals surface area contributed by atoms with Gasteiger partial charge in [-0.2, -0.15) is 11.8 Å². The van der Waals surface area contributed by atoms with Crippen molar-refractivity contribution in [3.63, 3.8) is 0 Å². The third kappa shape index (κ3) is 3.73. The summed E-state index contributed by atoms with van der Waals surface area (Å²) in [5, 5.41) is 0.473. The monoisotopic (exact) mass is 246 g/mol. The first-order valence-electron chi connectivity index (χ1n) is 5.07. The fourth-order valence-electron chi connectivity index (χ4n) is 1.26. The van der Waals surface area contributed by atoms with Gasteiger partial charge >= 0.3 is 0 Å². The summed E-state index contributed by atoms with van der Waals surface area (Å²) in [6, 6.07) is 3.68. The molecule has 0 aliphatic carbocycles. The summed E-state index contributed by atoms with van der Waals surface area (Å²) in [6.45, 7) is 4.15. The predicted octanol–water partition coefficient (Wildman–Crippen LogP) is 2.61. The lowest BCUT2D eigenvalue weighted by Crippen LogP contribution is -2.30. The average Bonchev–Trinajstić information content (AvgIpc) is 2.23. The Morgan fingerprint density at radius 2 is 2.00 bits per heavy atom. The molecule has 0 fully saturated rings. The molecule has 1 rings (SSSR count). The molecule has 1 atom stereocenters. The summed E-state index contributed by atoms with van der Waals surface area (Å²) in [6.07, 6.45) is 0. The molecule has 0 radical (unpaired) electrons. The minimum Gasteiger partial charge on any atom is -0.271 e. The van der Waals surface area contributed by atoms with E-state index in [2.05, 4.69) is 19.3 Å². The number of benzene rings is 1. The Kier molecular flexibility index (Phi) is 5.18. The molecule has 16 heavy (non-hydrogen) atoms.